The lowest BCUT2D eigenvalue weighted by molar-refractivity contribution is -0.121. The molecule has 0 unspecified atom stereocenters. The van der Waals surface area contributed by atoms with E-state index in [1.165, 1.54) is 6.42 Å². The van der Waals surface area contributed by atoms with Crippen molar-refractivity contribution in [1.29, 1.82) is 10.5 Å². The van der Waals surface area contributed by atoms with E-state index in [4.69, 9.17) is 18.9 Å². The highest BCUT2D eigenvalue weighted by Gasteiger charge is 2.48. The summed E-state index contributed by atoms with van der Waals surface area (Å²) in [4.78, 5) is 59.1. The number of ether oxygens (including phenoxy) is 4. The van der Waals surface area contributed by atoms with Crippen LogP contribution in [0.2, 0.25) is 51.4 Å². The van der Waals surface area contributed by atoms with E-state index in [0.29, 0.717) is 71.4 Å². The molecule has 85 heavy (non-hydrogen) atoms. The summed E-state index contributed by atoms with van der Waals surface area (Å²) in [6, 6.07) is 15.8. The lowest BCUT2D eigenvalue weighted by Gasteiger charge is -2.54. The van der Waals surface area contributed by atoms with Crippen molar-refractivity contribution in [3.63, 3.8) is 0 Å². The van der Waals surface area contributed by atoms with Crippen LogP contribution in [-0.4, -0.2) is 157 Å². The van der Waals surface area contributed by atoms with Gasteiger partial charge in [-0.25, -0.2) is 29.5 Å². The average molecular weight is 1200 g/mol. The molecule has 4 aliphatic rings. The number of hydrogen-bond donors (Lipinski definition) is 0. The Morgan fingerprint density at radius 2 is 1.06 bits per heavy atom. The molecule has 9 heterocycles. The van der Waals surface area contributed by atoms with Gasteiger partial charge in [-0.3, -0.25) is 9.69 Å². The van der Waals surface area contributed by atoms with E-state index in [1.807, 2.05) is 68.0 Å². The fraction of sp³-hybridized carbons (Fsp3) is 0.603. The molecule has 2 amide bonds. The van der Waals surface area contributed by atoms with Gasteiger partial charge in [-0.1, -0.05) is 39.3 Å². The molecule has 1 saturated carbocycles. The SMILES string of the molecule is CC(C)(C)OC(=O)N1CCC(=O)CC1.CC(C)(C)OC(=O)N1CCC(N2CC(CC#N)(n3ccc(-c4ncnc5c4ccn5COCC[Si](C)(C)C)c3)C2)CC1.C[Si](C)(C)CCOCn1ccc2c(-c3ccn(C4(CC#N)CCC4)c3)ncnc21. The first kappa shape index (κ1) is 64.3. The van der Waals surface area contributed by atoms with Crippen LogP contribution in [0, 0.1) is 22.7 Å². The van der Waals surface area contributed by atoms with Gasteiger partial charge in [-0.05, 0) is 110 Å². The Morgan fingerprint density at radius 1 is 0.624 bits per heavy atom. The molecule has 6 aromatic heterocycles. The number of amides is 2. The number of Topliss-reactive ketones (excluding diaryl/α,β-unsaturated/α-hetero) is 1. The fourth-order valence-electron chi connectivity index (χ4n) is 11.2. The number of fused-ring (bicyclic) bond motifs is 2. The molecule has 6 aromatic rings. The fourth-order valence-corrected chi connectivity index (χ4v) is 12.7. The maximum atomic E-state index is 12.5. The van der Waals surface area contributed by atoms with E-state index in [1.54, 1.807) is 17.6 Å². The summed E-state index contributed by atoms with van der Waals surface area (Å²) >= 11 is 0. The van der Waals surface area contributed by atoms with Crippen molar-refractivity contribution < 1.29 is 33.3 Å². The average Bonchev–Trinajstić information content (AvgIpc) is 1.87. The first-order valence-electron chi connectivity index (χ1n) is 30.3. The summed E-state index contributed by atoms with van der Waals surface area (Å²) in [6.45, 7) is 31.9. The summed E-state index contributed by atoms with van der Waals surface area (Å²) in [7, 11) is -2.22. The molecule has 3 aliphatic heterocycles. The number of nitrogens with zero attached hydrogens (tertiary/aromatic N) is 13. The van der Waals surface area contributed by atoms with Crippen LogP contribution in [0.5, 0.6) is 0 Å². The summed E-state index contributed by atoms with van der Waals surface area (Å²) < 4.78 is 31.1. The van der Waals surface area contributed by atoms with Crippen molar-refractivity contribution >= 4 is 56.2 Å². The molecular weight excluding hydrogens is 1110 g/mol. The summed E-state index contributed by atoms with van der Waals surface area (Å²) in [5, 5.41) is 21.0. The van der Waals surface area contributed by atoms with Gasteiger partial charge in [0.2, 0.25) is 0 Å². The molecule has 0 spiro atoms. The van der Waals surface area contributed by atoms with Gasteiger partial charge in [0, 0.05) is 147 Å². The molecule has 0 radical (unpaired) electrons. The number of carbonyl (C=O) groups is 3. The first-order chi connectivity index (χ1) is 40.2. The highest BCUT2D eigenvalue weighted by atomic mass is 28.3. The Hall–Kier alpha value is -6.70. The Kier molecular flexibility index (Phi) is 20.4. The van der Waals surface area contributed by atoms with Crippen LogP contribution in [0.3, 0.4) is 0 Å². The van der Waals surface area contributed by atoms with Crippen molar-refractivity contribution in [2.75, 3.05) is 52.5 Å². The van der Waals surface area contributed by atoms with Crippen LogP contribution >= 0.6 is 0 Å². The van der Waals surface area contributed by atoms with Gasteiger partial charge < -0.3 is 47.0 Å². The molecule has 0 bridgehead atoms. The van der Waals surface area contributed by atoms with Crippen molar-refractivity contribution in [2.24, 2.45) is 0 Å². The maximum Gasteiger partial charge on any atom is 0.410 e. The minimum atomic E-state index is -1.14. The number of nitriles is 2. The second-order valence-corrected chi connectivity index (χ2v) is 39.1. The Labute approximate surface area is 504 Å². The normalized spacial score (nSPS) is 17.4. The predicted molar refractivity (Wildman–Crippen MR) is 335 cm³/mol. The highest BCUT2D eigenvalue weighted by molar-refractivity contribution is 6.76. The molecule has 0 atom stereocenters. The molecular formula is C63H91N13O7Si2. The van der Waals surface area contributed by atoms with Crippen LogP contribution in [0.25, 0.3) is 44.6 Å². The van der Waals surface area contributed by atoms with Gasteiger partial charge in [0.05, 0.1) is 47.4 Å². The molecule has 0 aromatic carbocycles. The lowest BCUT2D eigenvalue weighted by atomic mass is 9.74. The van der Waals surface area contributed by atoms with E-state index in [2.05, 4.69) is 134 Å². The third kappa shape index (κ3) is 16.8. The van der Waals surface area contributed by atoms with Gasteiger partial charge in [0.25, 0.3) is 0 Å². The van der Waals surface area contributed by atoms with Crippen LogP contribution in [0.1, 0.15) is 99.3 Å². The Morgan fingerprint density at radius 3 is 1.47 bits per heavy atom. The maximum absolute atomic E-state index is 12.5. The molecule has 3 saturated heterocycles. The second-order valence-electron chi connectivity index (χ2n) is 27.9. The number of piperidine rings is 2. The molecule has 20 nitrogen and oxygen atoms in total. The quantitative estimate of drug-likeness (QED) is 0.0613. The lowest BCUT2D eigenvalue weighted by Crippen LogP contribution is -2.66. The third-order valence-electron chi connectivity index (χ3n) is 16.3. The van der Waals surface area contributed by atoms with E-state index in [-0.39, 0.29) is 29.0 Å². The van der Waals surface area contributed by atoms with Gasteiger partial charge >= 0.3 is 12.2 Å². The largest absolute Gasteiger partial charge is 0.444 e. The number of ketones is 1. The highest BCUT2D eigenvalue weighted by Crippen LogP contribution is 2.43. The van der Waals surface area contributed by atoms with E-state index >= 15 is 0 Å². The van der Waals surface area contributed by atoms with Crippen LogP contribution in [0.15, 0.2) is 74.1 Å². The molecule has 22 heteroatoms. The van der Waals surface area contributed by atoms with E-state index in [9.17, 15) is 24.9 Å². The zero-order chi connectivity index (χ0) is 61.4. The second kappa shape index (κ2) is 26.9. The third-order valence-corrected chi connectivity index (χ3v) is 19.7. The monoisotopic (exact) mass is 1200 g/mol. The van der Waals surface area contributed by atoms with Crippen LogP contribution in [-0.2, 0) is 48.3 Å². The van der Waals surface area contributed by atoms with Gasteiger partial charge in [-0.15, -0.1) is 0 Å². The number of likely N-dealkylation sites (tertiary alicyclic amines) is 3. The number of hydrogen-bond acceptors (Lipinski definition) is 14. The van der Waals surface area contributed by atoms with Gasteiger partial charge in [0.15, 0.2) is 0 Å². The van der Waals surface area contributed by atoms with Crippen molar-refractivity contribution in [1.82, 2.24) is 52.9 Å². The van der Waals surface area contributed by atoms with Crippen molar-refractivity contribution in [2.45, 2.75) is 192 Å². The predicted octanol–water partition coefficient (Wildman–Crippen LogP) is 12.1. The van der Waals surface area contributed by atoms with E-state index in [0.717, 1.165) is 109 Å². The summed E-state index contributed by atoms with van der Waals surface area (Å²) in [6.07, 6.45) is 22.3. The topological polar surface area (TPSA) is 217 Å². The van der Waals surface area contributed by atoms with Gasteiger partial charge in [0.1, 0.15) is 54.4 Å². The van der Waals surface area contributed by atoms with Crippen molar-refractivity contribution in [3.05, 3.63) is 74.1 Å². The Balaban J connectivity index is 0.000000188. The van der Waals surface area contributed by atoms with Crippen LogP contribution in [0.4, 0.5) is 9.59 Å². The first-order valence-corrected chi connectivity index (χ1v) is 37.7. The molecule has 458 valence electrons. The van der Waals surface area contributed by atoms with Crippen molar-refractivity contribution in [3.8, 4) is 34.7 Å². The number of rotatable bonds is 17. The number of carbonyl (C=O) groups excluding carboxylic acids is 3. The molecule has 1 aliphatic carbocycles. The minimum Gasteiger partial charge on any atom is -0.444 e. The molecule has 0 N–H and O–H groups in total. The summed E-state index contributed by atoms with van der Waals surface area (Å²) in [5.41, 5.74) is 4.41. The zero-order valence-corrected chi connectivity index (χ0v) is 54.5. The van der Waals surface area contributed by atoms with E-state index < -0.39 is 27.3 Å². The van der Waals surface area contributed by atoms with Gasteiger partial charge in [-0.2, -0.15) is 10.5 Å². The smallest absolute Gasteiger partial charge is 0.410 e. The minimum absolute atomic E-state index is 0.0325. The molecule has 10 rings (SSSR count). The molecule has 4 fully saturated rings. The standard InChI is InChI=1S/C31H45N7O3Si.C22H29N5OSi.C10H17NO3/c1-30(2,3)41-29(39)35-13-8-25(9-14-35)37-20-31(21-37,11-12-32)38-16-7-24(19-38)27-26-10-15-36(28(26)34-22-33-27)23-40-17-18-42(4,5)6;1-29(2,3)14-13-28-17-26-11-6-19-20(24-16-25-21(19)26)18-5-12-27(15-18)22(9-10-23)7-4-8-22;1-10(2,3)14-9(13)11-6-4-8(12)5-7-11/h7,10,15-16,19,22,25H,8-9,11,13-14,17-18,20-21,23H2,1-6H3;5-6,11-12,15-16H,4,7-9,13-14,17H2,1-3H3;4-7H2,1-3H3. The zero-order valence-electron chi connectivity index (χ0n) is 52.5. The number of aromatic nitrogens is 8. The Bertz CT molecular complexity index is 3310. The summed E-state index contributed by atoms with van der Waals surface area (Å²) in [5.74, 6) is 0.227. The van der Waals surface area contributed by atoms with Crippen LogP contribution < -0.4 is 0 Å².